The molecule has 0 spiro atoms. The molecule has 0 radical (unpaired) electrons. The molecule has 1 aromatic rings. The van der Waals surface area contributed by atoms with Crippen LogP contribution in [-0.4, -0.2) is 18.6 Å². The van der Waals surface area contributed by atoms with Gasteiger partial charge in [-0.3, -0.25) is 4.79 Å². The summed E-state index contributed by atoms with van der Waals surface area (Å²) in [5.41, 5.74) is 7.89. The second-order valence-corrected chi connectivity index (χ2v) is 4.86. The van der Waals surface area contributed by atoms with E-state index in [1.165, 1.54) is 0 Å². The van der Waals surface area contributed by atoms with E-state index >= 15 is 0 Å². The quantitative estimate of drug-likeness (QED) is 0.828. The number of ether oxygens (including phenoxy) is 1. The van der Waals surface area contributed by atoms with E-state index in [4.69, 9.17) is 10.5 Å². The van der Waals surface area contributed by atoms with Crippen LogP contribution in [-0.2, 0) is 4.79 Å². The van der Waals surface area contributed by atoms with Gasteiger partial charge in [-0.1, -0.05) is 19.1 Å². The SMILES string of the molecule is CCCNC(=O)C(C)Oc1ccc([C@@H](C)N)cc1C. The fourth-order valence-electron chi connectivity index (χ4n) is 1.72. The molecule has 0 heterocycles. The highest BCUT2D eigenvalue weighted by Crippen LogP contribution is 2.22. The molecule has 1 amide bonds. The average Bonchev–Trinajstić information content (AvgIpc) is 2.37. The van der Waals surface area contributed by atoms with Gasteiger partial charge in [0.1, 0.15) is 5.75 Å². The smallest absolute Gasteiger partial charge is 0.260 e. The van der Waals surface area contributed by atoms with Crippen LogP contribution in [0.4, 0.5) is 0 Å². The first-order valence-electron chi connectivity index (χ1n) is 6.76. The minimum atomic E-state index is -0.494. The normalized spacial score (nSPS) is 13.7. The molecule has 0 aromatic heterocycles. The Hall–Kier alpha value is -1.55. The van der Waals surface area contributed by atoms with Gasteiger partial charge in [-0.05, 0) is 44.4 Å². The Morgan fingerprint density at radius 2 is 2.11 bits per heavy atom. The van der Waals surface area contributed by atoms with Crippen LogP contribution in [0.5, 0.6) is 5.75 Å². The predicted molar refractivity (Wildman–Crippen MR) is 77.2 cm³/mol. The summed E-state index contributed by atoms with van der Waals surface area (Å²) in [6.45, 7) is 8.34. The number of nitrogens with two attached hydrogens (primary N) is 1. The molecular formula is C15H24N2O2. The van der Waals surface area contributed by atoms with Crippen molar-refractivity contribution in [3.63, 3.8) is 0 Å². The molecule has 1 unspecified atom stereocenters. The van der Waals surface area contributed by atoms with Crippen LogP contribution in [0.3, 0.4) is 0 Å². The monoisotopic (exact) mass is 264 g/mol. The van der Waals surface area contributed by atoms with Crippen molar-refractivity contribution in [1.82, 2.24) is 5.32 Å². The lowest BCUT2D eigenvalue weighted by atomic mass is 10.1. The molecule has 2 atom stereocenters. The van der Waals surface area contributed by atoms with Gasteiger partial charge >= 0.3 is 0 Å². The topological polar surface area (TPSA) is 64.3 Å². The van der Waals surface area contributed by atoms with Crippen molar-refractivity contribution in [1.29, 1.82) is 0 Å². The summed E-state index contributed by atoms with van der Waals surface area (Å²) >= 11 is 0. The summed E-state index contributed by atoms with van der Waals surface area (Å²) in [5, 5.41) is 2.82. The van der Waals surface area contributed by atoms with Crippen molar-refractivity contribution in [3.8, 4) is 5.75 Å². The van der Waals surface area contributed by atoms with Crippen LogP contribution in [0.25, 0.3) is 0 Å². The number of benzene rings is 1. The maximum atomic E-state index is 11.7. The molecule has 0 aliphatic heterocycles. The van der Waals surface area contributed by atoms with Crippen LogP contribution in [0.15, 0.2) is 18.2 Å². The van der Waals surface area contributed by atoms with E-state index in [2.05, 4.69) is 5.32 Å². The van der Waals surface area contributed by atoms with E-state index in [0.717, 1.165) is 23.3 Å². The maximum absolute atomic E-state index is 11.7. The van der Waals surface area contributed by atoms with E-state index in [0.29, 0.717) is 6.54 Å². The molecule has 0 fully saturated rings. The fraction of sp³-hybridized carbons (Fsp3) is 0.533. The second-order valence-electron chi connectivity index (χ2n) is 4.86. The molecule has 3 N–H and O–H groups in total. The lowest BCUT2D eigenvalue weighted by Crippen LogP contribution is -2.36. The zero-order valence-electron chi connectivity index (χ0n) is 12.2. The Labute approximate surface area is 115 Å². The standard InChI is InChI=1S/C15H24N2O2/c1-5-8-17-15(18)12(4)19-14-7-6-13(11(3)16)9-10(14)2/h6-7,9,11-12H,5,8,16H2,1-4H3,(H,17,18)/t11-,12?/m1/s1. The summed E-state index contributed by atoms with van der Waals surface area (Å²) in [7, 11) is 0. The van der Waals surface area contributed by atoms with Gasteiger partial charge in [-0.2, -0.15) is 0 Å². The number of rotatable bonds is 6. The van der Waals surface area contributed by atoms with E-state index in [1.54, 1.807) is 6.92 Å². The highest BCUT2D eigenvalue weighted by atomic mass is 16.5. The number of nitrogens with one attached hydrogen (secondary N) is 1. The molecule has 0 saturated heterocycles. The van der Waals surface area contributed by atoms with Gasteiger partial charge in [0.15, 0.2) is 6.10 Å². The van der Waals surface area contributed by atoms with Crippen LogP contribution in [0.1, 0.15) is 44.4 Å². The van der Waals surface area contributed by atoms with Gasteiger partial charge in [-0.25, -0.2) is 0 Å². The van der Waals surface area contributed by atoms with Crippen LogP contribution in [0.2, 0.25) is 0 Å². The van der Waals surface area contributed by atoms with E-state index in [-0.39, 0.29) is 11.9 Å². The summed E-state index contributed by atoms with van der Waals surface area (Å²) in [6.07, 6.45) is 0.423. The van der Waals surface area contributed by atoms with Crippen molar-refractivity contribution in [3.05, 3.63) is 29.3 Å². The summed E-state index contributed by atoms with van der Waals surface area (Å²) in [6, 6.07) is 5.80. The number of aryl methyl sites for hydroxylation is 1. The first-order chi connectivity index (χ1) is 8.95. The number of hydrogen-bond acceptors (Lipinski definition) is 3. The molecule has 0 saturated carbocycles. The Morgan fingerprint density at radius 1 is 1.42 bits per heavy atom. The van der Waals surface area contributed by atoms with Crippen LogP contribution in [0, 0.1) is 6.92 Å². The third-order valence-electron chi connectivity index (χ3n) is 2.95. The number of carbonyl (C=O) groups is 1. The lowest BCUT2D eigenvalue weighted by molar-refractivity contribution is -0.127. The third-order valence-corrected chi connectivity index (χ3v) is 2.95. The number of amides is 1. The zero-order chi connectivity index (χ0) is 14.4. The Balaban J connectivity index is 2.69. The van der Waals surface area contributed by atoms with Crippen molar-refractivity contribution in [2.24, 2.45) is 5.73 Å². The van der Waals surface area contributed by atoms with Gasteiger partial charge in [0.25, 0.3) is 5.91 Å². The molecule has 0 bridgehead atoms. The second kappa shape index (κ2) is 7.14. The van der Waals surface area contributed by atoms with Crippen molar-refractivity contribution >= 4 is 5.91 Å². The Kier molecular flexibility index (Phi) is 5.83. The van der Waals surface area contributed by atoms with Crippen LogP contribution < -0.4 is 15.8 Å². The van der Waals surface area contributed by atoms with Crippen molar-refractivity contribution < 1.29 is 9.53 Å². The molecule has 0 aliphatic rings. The van der Waals surface area contributed by atoms with E-state index in [9.17, 15) is 4.79 Å². The lowest BCUT2D eigenvalue weighted by Gasteiger charge is -2.17. The van der Waals surface area contributed by atoms with Gasteiger partial charge in [0, 0.05) is 12.6 Å². The summed E-state index contributed by atoms with van der Waals surface area (Å²) < 4.78 is 5.69. The Morgan fingerprint density at radius 3 is 2.63 bits per heavy atom. The Bertz CT molecular complexity index is 430. The minimum absolute atomic E-state index is 0.00183. The molecule has 4 nitrogen and oxygen atoms in total. The van der Waals surface area contributed by atoms with E-state index in [1.807, 2.05) is 39.0 Å². The molecule has 1 rings (SSSR count). The summed E-state index contributed by atoms with van der Waals surface area (Å²) in [5.74, 6) is 0.640. The fourth-order valence-corrected chi connectivity index (χ4v) is 1.72. The van der Waals surface area contributed by atoms with Gasteiger partial charge in [0.2, 0.25) is 0 Å². The van der Waals surface area contributed by atoms with Gasteiger partial charge < -0.3 is 15.8 Å². The molecule has 1 aromatic carbocycles. The largest absolute Gasteiger partial charge is 0.481 e. The highest BCUT2D eigenvalue weighted by Gasteiger charge is 2.15. The predicted octanol–water partition coefficient (Wildman–Crippen LogP) is 2.31. The van der Waals surface area contributed by atoms with Crippen molar-refractivity contribution in [2.45, 2.75) is 46.3 Å². The highest BCUT2D eigenvalue weighted by molar-refractivity contribution is 5.80. The third kappa shape index (κ3) is 4.56. The average molecular weight is 264 g/mol. The first kappa shape index (κ1) is 15.5. The summed E-state index contributed by atoms with van der Waals surface area (Å²) in [4.78, 5) is 11.7. The van der Waals surface area contributed by atoms with Crippen molar-refractivity contribution in [2.75, 3.05) is 6.54 Å². The molecular weight excluding hydrogens is 240 g/mol. The van der Waals surface area contributed by atoms with E-state index < -0.39 is 6.10 Å². The van der Waals surface area contributed by atoms with Crippen LogP contribution >= 0.6 is 0 Å². The molecule has 0 aliphatic carbocycles. The zero-order valence-corrected chi connectivity index (χ0v) is 12.2. The maximum Gasteiger partial charge on any atom is 0.260 e. The number of hydrogen-bond donors (Lipinski definition) is 2. The minimum Gasteiger partial charge on any atom is -0.481 e. The molecule has 4 heteroatoms. The molecule has 106 valence electrons. The number of carbonyl (C=O) groups excluding carboxylic acids is 1. The first-order valence-corrected chi connectivity index (χ1v) is 6.76. The molecule has 19 heavy (non-hydrogen) atoms. The van der Waals surface area contributed by atoms with Gasteiger partial charge in [-0.15, -0.1) is 0 Å². The van der Waals surface area contributed by atoms with Gasteiger partial charge in [0.05, 0.1) is 0 Å².